The maximum atomic E-state index is 11.1. The van der Waals surface area contributed by atoms with E-state index in [-0.39, 0.29) is 11.8 Å². The van der Waals surface area contributed by atoms with Crippen LogP contribution in [0.3, 0.4) is 0 Å². The quantitative estimate of drug-likeness (QED) is 0.600. The highest BCUT2D eigenvalue weighted by Gasteiger charge is 2.37. The zero-order valence-corrected chi connectivity index (χ0v) is 7.24. The van der Waals surface area contributed by atoms with Crippen molar-refractivity contribution in [3.63, 3.8) is 0 Å². The van der Waals surface area contributed by atoms with Gasteiger partial charge in [0.05, 0.1) is 0 Å². The average Bonchev–Trinajstić information content (AvgIpc) is 2.17. The Bertz CT molecular complexity index is 167. The van der Waals surface area contributed by atoms with E-state index in [4.69, 9.17) is 0 Å². The van der Waals surface area contributed by atoms with Crippen molar-refractivity contribution in [3.8, 4) is 0 Å². The van der Waals surface area contributed by atoms with Gasteiger partial charge >= 0.3 is 0 Å². The number of rotatable bonds is 1. The number of hydrogen-bond acceptors (Lipinski definition) is 2. The van der Waals surface area contributed by atoms with E-state index in [0.717, 1.165) is 0 Å². The second-order valence-electron chi connectivity index (χ2n) is 3.53. The third kappa shape index (κ3) is 1.38. The van der Waals surface area contributed by atoms with Crippen LogP contribution >= 0.6 is 0 Å². The van der Waals surface area contributed by atoms with E-state index >= 15 is 0 Å². The Labute approximate surface area is 67.0 Å². The van der Waals surface area contributed by atoms with E-state index in [1.165, 1.54) is 4.90 Å². The van der Waals surface area contributed by atoms with E-state index in [0.29, 0.717) is 12.3 Å². The molecule has 2 atom stereocenters. The van der Waals surface area contributed by atoms with Crippen LogP contribution < -0.4 is 0 Å². The lowest BCUT2D eigenvalue weighted by molar-refractivity contribution is -0.131. The smallest absolute Gasteiger partial charge is 0.224 e. The molecule has 0 aromatic heterocycles. The van der Waals surface area contributed by atoms with Crippen LogP contribution in [-0.2, 0) is 4.79 Å². The van der Waals surface area contributed by atoms with Gasteiger partial charge in [-0.25, -0.2) is 0 Å². The number of aliphatic hydroxyl groups is 1. The van der Waals surface area contributed by atoms with Crippen LogP contribution in [0.2, 0.25) is 0 Å². The molecular formula is C8H15NO2. The van der Waals surface area contributed by atoms with E-state index in [2.05, 4.69) is 0 Å². The molecule has 1 rings (SSSR count). The molecule has 1 heterocycles. The minimum Gasteiger partial charge on any atom is -0.373 e. The maximum absolute atomic E-state index is 11.1. The molecule has 1 N–H and O–H groups in total. The molecule has 1 fully saturated rings. The Kier molecular flexibility index (Phi) is 2.18. The van der Waals surface area contributed by atoms with Crippen LogP contribution in [0.5, 0.6) is 0 Å². The van der Waals surface area contributed by atoms with E-state index < -0.39 is 6.23 Å². The lowest BCUT2D eigenvalue weighted by Gasteiger charge is -2.21. The van der Waals surface area contributed by atoms with Crippen molar-refractivity contribution < 1.29 is 9.90 Å². The molecular weight excluding hydrogens is 142 g/mol. The summed E-state index contributed by atoms with van der Waals surface area (Å²) in [5, 5.41) is 9.50. The Morgan fingerprint density at radius 2 is 2.18 bits per heavy atom. The zero-order chi connectivity index (χ0) is 8.59. The van der Waals surface area contributed by atoms with Crippen molar-refractivity contribution in [2.45, 2.75) is 26.5 Å². The maximum Gasteiger partial charge on any atom is 0.224 e. The molecule has 0 radical (unpaired) electrons. The summed E-state index contributed by atoms with van der Waals surface area (Å²) in [6, 6.07) is 0. The summed E-state index contributed by atoms with van der Waals surface area (Å²) in [5.41, 5.74) is 0. The van der Waals surface area contributed by atoms with Gasteiger partial charge in [0.2, 0.25) is 5.91 Å². The fourth-order valence-electron chi connectivity index (χ4n) is 1.47. The van der Waals surface area contributed by atoms with Crippen LogP contribution in [0.1, 0.15) is 20.3 Å². The van der Waals surface area contributed by atoms with Gasteiger partial charge in [-0.05, 0) is 5.92 Å². The van der Waals surface area contributed by atoms with E-state index in [1.807, 2.05) is 13.8 Å². The van der Waals surface area contributed by atoms with Crippen molar-refractivity contribution >= 4 is 5.91 Å². The molecule has 3 nitrogen and oxygen atoms in total. The fourth-order valence-corrected chi connectivity index (χ4v) is 1.47. The van der Waals surface area contributed by atoms with Crippen molar-refractivity contribution in [1.82, 2.24) is 4.90 Å². The first-order chi connectivity index (χ1) is 5.04. The molecule has 1 aliphatic heterocycles. The number of nitrogens with zero attached hydrogens (tertiary/aromatic N) is 1. The third-order valence-corrected chi connectivity index (χ3v) is 2.44. The van der Waals surface area contributed by atoms with Gasteiger partial charge in [-0.1, -0.05) is 13.8 Å². The molecule has 64 valence electrons. The minimum absolute atomic E-state index is 0.0520. The Balaban J connectivity index is 2.67. The van der Waals surface area contributed by atoms with Gasteiger partial charge in [0.25, 0.3) is 0 Å². The molecule has 0 aliphatic carbocycles. The van der Waals surface area contributed by atoms with Crippen molar-refractivity contribution in [3.05, 3.63) is 0 Å². The van der Waals surface area contributed by atoms with E-state index in [9.17, 15) is 9.90 Å². The summed E-state index contributed by atoms with van der Waals surface area (Å²) in [4.78, 5) is 12.5. The lowest BCUT2D eigenvalue weighted by atomic mass is 9.94. The topological polar surface area (TPSA) is 40.5 Å². The highest BCUT2D eigenvalue weighted by atomic mass is 16.3. The number of aliphatic hydroxyl groups excluding tert-OH is 1. The fraction of sp³-hybridized carbons (Fsp3) is 0.875. The van der Waals surface area contributed by atoms with E-state index in [1.54, 1.807) is 7.05 Å². The number of carbonyl (C=O) groups is 1. The zero-order valence-electron chi connectivity index (χ0n) is 7.24. The van der Waals surface area contributed by atoms with Gasteiger partial charge in [-0.2, -0.15) is 0 Å². The molecule has 0 bridgehead atoms. The molecule has 1 saturated heterocycles. The number of likely N-dealkylation sites (tertiary alicyclic amines) is 1. The standard InChI is InChI=1S/C8H15NO2/c1-5(2)6-4-7(10)9(3)8(6)11/h5-6,8,11H,4H2,1-3H3. The monoisotopic (exact) mass is 157 g/mol. The molecule has 0 aromatic rings. The summed E-state index contributed by atoms with van der Waals surface area (Å²) in [5.74, 6) is 0.544. The summed E-state index contributed by atoms with van der Waals surface area (Å²) in [7, 11) is 1.65. The Morgan fingerprint density at radius 3 is 2.36 bits per heavy atom. The molecule has 3 heteroatoms. The normalized spacial score (nSPS) is 32.1. The van der Waals surface area contributed by atoms with Crippen molar-refractivity contribution in [1.29, 1.82) is 0 Å². The van der Waals surface area contributed by atoms with Crippen LogP contribution in [-0.4, -0.2) is 29.2 Å². The largest absolute Gasteiger partial charge is 0.373 e. The number of amides is 1. The summed E-state index contributed by atoms with van der Waals surface area (Å²) in [6.45, 7) is 4.06. The summed E-state index contributed by atoms with van der Waals surface area (Å²) >= 11 is 0. The lowest BCUT2D eigenvalue weighted by Crippen LogP contribution is -2.32. The molecule has 1 aliphatic rings. The van der Waals surface area contributed by atoms with Crippen LogP contribution in [0.4, 0.5) is 0 Å². The van der Waals surface area contributed by atoms with Crippen LogP contribution in [0.15, 0.2) is 0 Å². The second-order valence-corrected chi connectivity index (χ2v) is 3.53. The van der Waals surface area contributed by atoms with Crippen LogP contribution in [0, 0.1) is 11.8 Å². The summed E-state index contributed by atoms with van der Waals surface area (Å²) in [6.07, 6.45) is -0.0718. The molecule has 11 heavy (non-hydrogen) atoms. The molecule has 2 unspecified atom stereocenters. The van der Waals surface area contributed by atoms with Gasteiger partial charge < -0.3 is 10.0 Å². The van der Waals surface area contributed by atoms with Crippen molar-refractivity contribution in [2.75, 3.05) is 7.05 Å². The van der Waals surface area contributed by atoms with Gasteiger partial charge in [0.1, 0.15) is 6.23 Å². The van der Waals surface area contributed by atoms with Gasteiger partial charge in [0.15, 0.2) is 0 Å². The van der Waals surface area contributed by atoms with Gasteiger partial charge in [-0.15, -0.1) is 0 Å². The SMILES string of the molecule is CC(C)C1CC(=O)N(C)C1O. The third-order valence-electron chi connectivity index (χ3n) is 2.44. The highest BCUT2D eigenvalue weighted by Crippen LogP contribution is 2.28. The first-order valence-corrected chi connectivity index (χ1v) is 3.97. The number of carbonyl (C=O) groups excluding carboxylic acids is 1. The Morgan fingerprint density at radius 1 is 1.64 bits per heavy atom. The minimum atomic E-state index is -0.567. The summed E-state index contributed by atoms with van der Waals surface area (Å²) < 4.78 is 0. The van der Waals surface area contributed by atoms with Crippen LogP contribution in [0.25, 0.3) is 0 Å². The van der Waals surface area contributed by atoms with Crippen molar-refractivity contribution in [2.24, 2.45) is 11.8 Å². The number of hydrogen-bond donors (Lipinski definition) is 1. The van der Waals surface area contributed by atoms with Gasteiger partial charge in [0, 0.05) is 19.4 Å². The molecule has 0 saturated carbocycles. The first kappa shape index (κ1) is 8.53. The first-order valence-electron chi connectivity index (χ1n) is 3.97. The van der Waals surface area contributed by atoms with Gasteiger partial charge in [-0.3, -0.25) is 4.79 Å². The predicted octanol–water partition coefficient (Wildman–Crippen LogP) is 0.439. The molecule has 0 aromatic carbocycles. The molecule has 0 spiro atoms. The average molecular weight is 157 g/mol. The highest BCUT2D eigenvalue weighted by molar-refractivity contribution is 5.78. The Hall–Kier alpha value is -0.570. The second kappa shape index (κ2) is 2.81. The molecule has 1 amide bonds. The predicted molar refractivity (Wildman–Crippen MR) is 41.7 cm³/mol.